The predicted octanol–water partition coefficient (Wildman–Crippen LogP) is 1.99. The van der Waals surface area contributed by atoms with Crippen LogP contribution in [0.3, 0.4) is 0 Å². The van der Waals surface area contributed by atoms with Gasteiger partial charge in [-0.25, -0.2) is 15.0 Å². The maximum atomic E-state index is 5.74. The number of anilines is 2. The molecule has 2 N–H and O–H groups in total. The van der Waals surface area contributed by atoms with Gasteiger partial charge < -0.3 is 10.6 Å². The molecule has 1 saturated heterocycles. The Balaban J connectivity index is 1.50. The van der Waals surface area contributed by atoms with E-state index in [-0.39, 0.29) is 0 Å². The lowest BCUT2D eigenvalue weighted by Crippen LogP contribution is -2.46. The number of rotatable bonds is 3. The monoisotopic (exact) mass is 326 g/mol. The highest BCUT2D eigenvalue weighted by Gasteiger charge is 2.20. The standard InChI is InChI=1S/C16H18N6S/c17-14-4-3-13-15(20-14)18-11-19-16(13)22-7-5-21(6-8-22)10-12-2-1-9-23-12/h1-4,9,11H,5-8,10H2,(H2,17,18,19,20). The molecule has 3 aromatic heterocycles. The van der Waals surface area contributed by atoms with Gasteiger partial charge in [0.15, 0.2) is 5.65 Å². The van der Waals surface area contributed by atoms with Crippen LogP contribution in [0.25, 0.3) is 11.0 Å². The van der Waals surface area contributed by atoms with Crippen LogP contribution < -0.4 is 10.6 Å². The average Bonchev–Trinajstić information content (AvgIpc) is 3.08. The van der Waals surface area contributed by atoms with E-state index in [0.717, 1.165) is 43.9 Å². The van der Waals surface area contributed by atoms with E-state index in [0.29, 0.717) is 11.5 Å². The van der Waals surface area contributed by atoms with Crippen LogP contribution in [0, 0.1) is 0 Å². The van der Waals surface area contributed by atoms with Gasteiger partial charge in [0.1, 0.15) is 18.0 Å². The average molecular weight is 326 g/mol. The molecule has 0 bridgehead atoms. The summed E-state index contributed by atoms with van der Waals surface area (Å²) in [4.78, 5) is 19.2. The Morgan fingerprint density at radius 1 is 1.09 bits per heavy atom. The molecule has 0 radical (unpaired) electrons. The number of pyridine rings is 1. The van der Waals surface area contributed by atoms with Crippen molar-refractivity contribution in [2.75, 3.05) is 36.8 Å². The summed E-state index contributed by atoms with van der Waals surface area (Å²) < 4.78 is 0. The zero-order chi connectivity index (χ0) is 15.6. The summed E-state index contributed by atoms with van der Waals surface area (Å²) in [6, 6.07) is 8.08. The summed E-state index contributed by atoms with van der Waals surface area (Å²) in [6.07, 6.45) is 1.57. The normalized spacial score (nSPS) is 16.1. The molecule has 6 nitrogen and oxygen atoms in total. The number of nitrogen functional groups attached to an aromatic ring is 1. The molecule has 0 spiro atoms. The van der Waals surface area contributed by atoms with Crippen molar-refractivity contribution in [3.63, 3.8) is 0 Å². The van der Waals surface area contributed by atoms with Crippen molar-refractivity contribution in [2.24, 2.45) is 0 Å². The van der Waals surface area contributed by atoms with E-state index in [1.54, 1.807) is 6.33 Å². The summed E-state index contributed by atoms with van der Waals surface area (Å²) in [6.45, 7) is 5.02. The van der Waals surface area contributed by atoms with Crippen LogP contribution in [0.1, 0.15) is 4.88 Å². The Bertz CT molecular complexity index is 795. The van der Waals surface area contributed by atoms with E-state index < -0.39 is 0 Å². The minimum absolute atomic E-state index is 0.489. The van der Waals surface area contributed by atoms with Crippen molar-refractivity contribution in [3.05, 3.63) is 40.8 Å². The van der Waals surface area contributed by atoms with Gasteiger partial charge in [-0.05, 0) is 23.6 Å². The van der Waals surface area contributed by atoms with Gasteiger partial charge in [-0.3, -0.25) is 4.90 Å². The molecule has 1 fully saturated rings. The topological polar surface area (TPSA) is 71.2 Å². The van der Waals surface area contributed by atoms with E-state index in [1.165, 1.54) is 4.88 Å². The Morgan fingerprint density at radius 2 is 1.96 bits per heavy atom. The van der Waals surface area contributed by atoms with Crippen LogP contribution in [-0.2, 0) is 6.54 Å². The number of aromatic nitrogens is 3. The molecule has 0 aliphatic carbocycles. The highest BCUT2D eigenvalue weighted by Crippen LogP contribution is 2.24. The van der Waals surface area contributed by atoms with Crippen molar-refractivity contribution in [1.82, 2.24) is 19.9 Å². The highest BCUT2D eigenvalue weighted by atomic mass is 32.1. The second-order valence-corrected chi connectivity index (χ2v) is 6.68. The first-order valence-corrected chi connectivity index (χ1v) is 8.54. The molecule has 0 atom stereocenters. The third-order valence-electron chi connectivity index (χ3n) is 4.13. The van der Waals surface area contributed by atoms with Gasteiger partial charge >= 0.3 is 0 Å². The molecule has 4 heterocycles. The van der Waals surface area contributed by atoms with Gasteiger partial charge in [0.2, 0.25) is 0 Å². The minimum atomic E-state index is 0.489. The van der Waals surface area contributed by atoms with Gasteiger partial charge in [-0.15, -0.1) is 11.3 Å². The predicted molar refractivity (Wildman–Crippen MR) is 93.6 cm³/mol. The lowest BCUT2D eigenvalue weighted by molar-refractivity contribution is 0.251. The lowest BCUT2D eigenvalue weighted by Gasteiger charge is -2.35. The lowest BCUT2D eigenvalue weighted by atomic mass is 10.2. The number of nitrogens with two attached hydrogens (primary N) is 1. The Morgan fingerprint density at radius 3 is 2.74 bits per heavy atom. The number of piperazine rings is 1. The van der Waals surface area contributed by atoms with Crippen molar-refractivity contribution in [3.8, 4) is 0 Å². The van der Waals surface area contributed by atoms with E-state index in [1.807, 2.05) is 23.5 Å². The first-order valence-electron chi connectivity index (χ1n) is 7.66. The fourth-order valence-corrected chi connectivity index (χ4v) is 3.68. The number of nitrogens with zero attached hydrogens (tertiary/aromatic N) is 5. The summed E-state index contributed by atoms with van der Waals surface area (Å²) in [5.41, 5.74) is 6.41. The molecular formula is C16H18N6S. The fourth-order valence-electron chi connectivity index (χ4n) is 2.94. The third kappa shape index (κ3) is 2.97. The van der Waals surface area contributed by atoms with E-state index >= 15 is 0 Å². The second kappa shape index (κ2) is 6.10. The van der Waals surface area contributed by atoms with Gasteiger partial charge in [0.25, 0.3) is 0 Å². The quantitative estimate of drug-likeness (QED) is 0.794. The van der Waals surface area contributed by atoms with Crippen LogP contribution in [-0.4, -0.2) is 46.0 Å². The molecule has 1 aliphatic heterocycles. The Kier molecular flexibility index (Phi) is 3.80. The number of hydrogen-bond acceptors (Lipinski definition) is 7. The molecule has 118 valence electrons. The van der Waals surface area contributed by atoms with Crippen LogP contribution in [0.2, 0.25) is 0 Å². The first-order chi connectivity index (χ1) is 11.3. The summed E-state index contributed by atoms with van der Waals surface area (Å²) >= 11 is 1.82. The number of thiophene rings is 1. The highest BCUT2D eigenvalue weighted by molar-refractivity contribution is 7.09. The zero-order valence-corrected chi connectivity index (χ0v) is 13.5. The molecule has 23 heavy (non-hydrogen) atoms. The zero-order valence-electron chi connectivity index (χ0n) is 12.7. The van der Waals surface area contributed by atoms with Crippen LogP contribution in [0.5, 0.6) is 0 Å². The van der Waals surface area contributed by atoms with Gasteiger partial charge in [-0.1, -0.05) is 6.07 Å². The van der Waals surface area contributed by atoms with E-state index in [2.05, 4.69) is 42.3 Å². The van der Waals surface area contributed by atoms with Crippen molar-refractivity contribution >= 4 is 34.0 Å². The van der Waals surface area contributed by atoms with Crippen LogP contribution in [0.15, 0.2) is 36.0 Å². The van der Waals surface area contributed by atoms with Crippen molar-refractivity contribution < 1.29 is 0 Å². The molecule has 0 saturated carbocycles. The minimum Gasteiger partial charge on any atom is -0.384 e. The third-order valence-corrected chi connectivity index (χ3v) is 4.99. The van der Waals surface area contributed by atoms with Crippen molar-refractivity contribution in [2.45, 2.75) is 6.54 Å². The van der Waals surface area contributed by atoms with E-state index in [9.17, 15) is 0 Å². The summed E-state index contributed by atoms with van der Waals surface area (Å²) in [5.74, 6) is 1.45. The summed E-state index contributed by atoms with van der Waals surface area (Å²) in [7, 11) is 0. The molecule has 7 heteroatoms. The summed E-state index contributed by atoms with van der Waals surface area (Å²) in [5, 5.41) is 3.10. The molecule has 4 rings (SSSR count). The van der Waals surface area contributed by atoms with Crippen molar-refractivity contribution in [1.29, 1.82) is 0 Å². The first kappa shape index (κ1) is 14.3. The van der Waals surface area contributed by atoms with Gasteiger partial charge in [0, 0.05) is 37.6 Å². The Hall–Kier alpha value is -2.25. The van der Waals surface area contributed by atoms with Gasteiger partial charge in [-0.2, -0.15) is 0 Å². The van der Waals surface area contributed by atoms with Crippen LogP contribution in [0.4, 0.5) is 11.6 Å². The fraction of sp³-hybridized carbons (Fsp3) is 0.312. The molecule has 0 aromatic carbocycles. The second-order valence-electron chi connectivity index (χ2n) is 5.65. The van der Waals surface area contributed by atoms with Crippen LogP contribution >= 0.6 is 11.3 Å². The number of fused-ring (bicyclic) bond motifs is 1. The molecular weight excluding hydrogens is 308 g/mol. The largest absolute Gasteiger partial charge is 0.384 e. The smallest absolute Gasteiger partial charge is 0.166 e. The SMILES string of the molecule is Nc1ccc2c(N3CCN(Cc4cccs4)CC3)ncnc2n1. The van der Waals surface area contributed by atoms with Gasteiger partial charge in [0.05, 0.1) is 5.39 Å². The van der Waals surface area contributed by atoms with E-state index in [4.69, 9.17) is 5.73 Å². The molecule has 1 aliphatic rings. The maximum absolute atomic E-state index is 5.74. The molecule has 0 amide bonds. The molecule has 0 unspecified atom stereocenters. The molecule has 3 aromatic rings. The Labute approximate surface area is 138 Å². The maximum Gasteiger partial charge on any atom is 0.166 e. The number of hydrogen-bond donors (Lipinski definition) is 1.